The number of aliphatic imine (C=N–C) groups is 1. The van der Waals surface area contributed by atoms with Crippen LogP contribution in [0.1, 0.15) is 50.2 Å². The Morgan fingerprint density at radius 1 is 1.35 bits per heavy atom. The molecule has 1 N–H and O–H groups in total. The highest BCUT2D eigenvalue weighted by molar-refractivity contribution is 5.66. The van der Waals surface area contributed by atoms with Gasteiger partial charge in [0, 0.05) is 24.7 Å². The Hall–Kier alpha value is -1.76. The summed E-state index contributed by atoms with van der Waals surface area (Å²) in [7, 11) is 3.23. The van der Waals surface area contributed by atoms with Gasteiger partial charge in [0.15, 0.2) is 5.60 Å². The third-order valence-corrected chi connectivity index (χ3v) is 4.83. The fourth-order valence-corrected chi connectivity index (χ4v) is 2.90. The van der Waals surface area contributed by atoms with Gasteiger partial charge in [-0.15, -0.1) is 0 Å². The van der Waals surface area contributed by atoms with Crippen molar-refractivity contribution in [1.82, 2.24) is 4.90 Å². The van der Waals surface area contributed by atoms with Crippen molar-refractivity contribution in [3.63, 3.8) is 0 Å². The van der Waals surface area contributed by atoms with Crippen molar-refractivity contribution in [2.75, 3.05) is 14.2 Å². The summed E-state index contributed by atoms with van der Waals surface area (Å²) in [5.74, 6) is -0.00671. The van der Waals surface area contributed by atoms with Crippen molar-refractivity contribution in [3.8, 4) is 5.75 Å². The summed E-state index contributed by atoms with van der Waals surface area (Å²) in [5, 5.41) is 10.5. The Morgan fingerprint density at radius 2 is 2.00 bits per heavy atom. The molecule has 1 unspecified atom stereocenters. The number of aryl methyl sites for hydroxylation is 1. The fraction of sp³-hybridized carbons (Fsp3) is 0.632. The first-order valence-corrected chi connectivity index (χ1v) is 8.88. The minimum absolute atomic E-state index is 0.00671. The first-order valence-electron chi connectivity index (χ1n) is 8.88. The molecule has 1 atom stereocenters. The molecule has 26 heavy (non-hydrogen) atoms. The van der Waals surface area contributed by atoms with Gasteiger partial charge in [-0.2, -0.15) is 13.2 Å². The first-order chi connectivity index (χ1) is 12.1. The second-order valence-corrected chi connectivity index (χ2v) is 6.94. The molecule has 1 aliphatic carbocycles. The molecule has 1 aromatic carbocycles. The third kappa shape index (κ3) is 4.31. The van der Waals surface area contributed by atoms with E-state index in [2.05, 4.69) is 4.99 Å². The van der Waals surface area contributed by atoms with Crippen LogP contribution in [0.5, 0.6) is 5.75 Å². The Balaban J connectivity index is 2.43. The smallest absolute Gasteiger partial charge is 0.421 e. The van der Waals surface area contributed by atoms with Crippen molar-refractivity contribution in [2.45, 2.75) is 63.8 Å². The third-order valence-electron chi connectivity index (χ3n) is 4.83. The lowest BCUT2D eigenvalue weighted by Gasteiger charge is -2.32. The zero-order valence-corrected chi connectivity index (χ0v) is 15.7. The van der Waals surface area contributed by atoms with Crippen LogP contribution in [0.25, 0.3) is 0 Å². The maximum Gasteiger partial charge on any atom is 0.421 e. The number of rotatable bonds is 8. The van der Waals surface area contributed by atoms with Crippen LogP contribution < -0.4 is 4.74 Å². The van der Waals surface area contributed by atoms with Crippen LogP contribution in [-0.2, 0) is 5.60 Å². The topological polar surface area (TPSA) is 45.1 Å². The number of hydrogen-bond acceptors (Lipinski definition) is 3. The van der Waals surface area contributed by atoms with E-state index in [9.17, 15) is 18.3 Å². The Bertz CT molecular complexity index is 657. The molecule has 4 nitrogen and oxygen atoms in total. The molecule has 0 heterocycles. The van der Waals surface area contributed by atoms with Gasteiger partial charge < -0.3 is 14.7 Å². The van der Waals surface area contributed by atoms with Crippen LogP contribution in [0.3, 0.4) is 0 Å². The summed E-state index contributed by atoms with van der Waals surface area (Å²) < 4.78 is 46.2. The number of hydrogen-bond donors (Lipinski definition) is 1. The van der Waals surface area contributed by atoms with Crippen molar-refractivity contribution in [2.24, 2.45) is 4.99 Å². The van der Waals surface area contributed by atoms with Gasteiger partial charge in [0.2, 0.25) is 0 Å². The number of unbranched alkanes of at least 4 members (excludes halogenated alkanes) is 1. The molecule has 1 aliphatic rings. The van der Waals surface area contributed by atoms with Crippen LogP contribution in [0.15, 0.2) is 17.1 Å². The maximum absolute atomic E-state index is 13.7. The molecule has 146 valence electrons. The van der Waals surface area contributed by atoms with E-state index < -0.39 is 18.2 Å². The molecule has 2 rings (SSSR count). The van der Waals surface area contributed by atoms with Gasteiger partial charge in [0.1, 0.15) is 5.75 Å². The van der Waals surface area contributed by atoms with Gasteiger partial charge in [0.25, 0.3) is 0 Å². The molecule has 0 aliphatic heterocycles. The number of aliphatic hydroxyl groups is 1. The van der Waals surface area contributed by atoms with Gasteiger partial charge in [-0.3, -0.25) is 0 Å². The molecule has 0 spiro atoms. The number of nitrogens with zero attached hydrogens (tertiary/aromatic N) is 2. The molecule has 0 saturated heterocycles. The van der Waals surface area contributed by atoms with Crippen LogP contribution in [0, 0.1) is 6.92 Å². The zero-order valence-electron chi connectivity index (χ0n) is 15.7. The number of alkyl halides is 3. The second-order valence-electron chi connectivity index (χ2n) is 6.94. The van der Waals surface area contributed by atoms with Gasteiger partial charge in [0.05, 0.1) is 19.1 Å². The maximum atomic E-state index is 13.7. The summed E-state index contributed by atoms with van der Waals surface area (Å²) in [5.41, 5.74) is -2.11. The molecule has 0 aromatic heterocycles. The van der Waals surface area contributed by atoms with E-state index in [-0.39, 0.29) is 17.7 Å². The lowest BCUT2D eigenvalue weighted by molar-refractivity contribution is -0.270. The number of halogens is 3. The fourth-order valence-electron chi connectivity index (χ4n) is 2.90. The largest absolute Gasteiger partial charge is 0.496 e. The van der Waals surface area contributed by atoms with E-state index >= 15 is 0 Å². The van der Waals surface area contributed by atoms with Crippen molar-refractivity contribution in [1.29, 1.82) is 0 Å². The minimum atomic E-state index is -4.79. The summed E-state index contributed by atoms with van der Waals surface area (Å²) >= 11 is 0. The number of methoxy groups -OCH3 is 1. The molecule has 1 saturated carbocycles. The molecular formula is C19H27F3N2O2. The van der Waals surface area contributed by atoms with Crippen LogP contribution >= 0.6 is 0 Å². The summed E-state index contributed by atoms with van der Waals surface area (Å²) in [6, 6.07) is 3.29. The predicted molar refractivity (Wildman–Crippen MR) is 96.1 cm³/mol. The van der Waals surface area contributed by atoms with Crippen LogP contribution in [0.2, 0.25) is 0 Å². The second kappa shape index (κ2) is 7.86. The number of benzene rings is 1. The molecule has 0 bridgehead atoms. The number of ether oxygens (including phenoxy) is 1. The molecule has 1 aromatic rings. The van der Waals surface area contributed by atoms with Gasteiger partial charge in [-0.05, 0) is 37.8 Å². The molecular weight excluding hydrogens is 345 g/mol. The first kappa shape index (κ1) is 20.6. The quantitative estimate of drug-likeness (QED) is 0.531. The SMILES string of the molecule is CCCCC(O)(c1cc(C)c(/N=C/N(C)C2CC2)cc1OC)C(F)(F)F. The van der Waals surface area contributed by atoms with E-state index in [1.165, 1.54) is 19.2 Å². The van der Waals surface area contributed by atoms with E-state index in [1.807, 2.05) is 11.9 Å². The average Bonchev–Trinajstić information content (AvgIpc) is 3.42. The van der Waals surface area contributed by atoms with Gasteiger partial charge in [-0.25, -0.2) is 4.99 Å². The highest BCUT2D eigenvalue weighted by Gasteiger charge is 2.55. The monoisotopic (exact) mass is 372 g/mol. The van der Waals surface area contributed by atoms with Gasteiger partial charge in [-0.1, -0.05) is 19.8 Å². The predicted octanol–water partition coefficient (Wildman–Crippen LogP) is 4.70. The van der Waals surface area contributed by atoms with Crippen LogP contribution in [-0.4, -0.2) is 42.7 Å². The molecule has 1 fully saturated rings. The lowest BCUT2D eigenvalue weighted by Crippen LogP contribution is -2.42. The van der Waals surface area contributed by atoms with E-state index in [0.29, 0.717) is 23.7 Å². The highest BCUT2D eigenvalue weighted by Crippen LogP contribution is 2.47. The lowest BCUT2D eigenvalue weighted by atomic mass is 9.86. The van der Waals surface area contributed by atoms with E-state index in [4.69, 9.17) is 4.74 Å². The molecule has 7 heteroatoms. The standard InChI is InChI=1S/C19H27F3N2O2/c1-5-6-9-18(25,19(20,21)22)15-10-13(2)16(11-17(15)26-4)23-12-24(3)14-7-8-14/h10-12,14,25H,5-9H2,1-4H3/b23-12+. The molecule has 0 amide bonds. The summed E-state index contributed by atoms with van der Waals surface area (Å²) in [6.45, 7) is 3.47. The molecule has 0 radical (unpaired) electrons. The van der Waals surface area contributed by atoms with Gasteiger partial charge >= 0.3 is 6.18 Å². The average molecular weight is 372 g/mol. The summed E-state index contributed by atoms with van der Waals surface area (Å²) in [4.78, 5) is 6.37. The van der Waals surface area contributed by atoms with Crippen molar-refractivity contribution < 1.29 is 23.0 Å². The zero-order chi connectivity index (χ0) is 19.5. The normalized spacial score (nSPS) is 17.4. The van der Waals surface area contributed by atoms with Crippen LogP contribution in [0.4, 0.5) is 18.9 Å². The van der Waals surface area contributed by atoms with Crippen molar-refractivity contribution in [3.05, 3.63) is 23.3 Å². The van der Waals surface area contributed by atoms with Crippen molar-refractivity contribution >= 4 is 12.0 Å². The Morgan fingerprint density at radius 3 is 2.50 bits per heavy atom. The van der Waals surface area contributed by atoms with E-state index in [1.54, 1.807) is 20.2 Å². The Labute approximate surface area is 152 Å². The minimum Gasteiger partial charge on any atom is -0.496 e. The highest BCUT2D eigenvalue weighted by atomic mass is 19.4. The van der Waals surface area contributed by atoms with E-state index in [0.717, 1.165) is 12.8 Å². The summed E-state index contributed by atoms with van der Waals surface area (Å²) in [6.07, 6.45) is -0.458. The Kier molecular flexibility index (Phi) is 6.21.